The van der Waals surface area contributed by atoms with Gasteiger partial charge in [0.05, 0.1) is 30.5 Å². The Kier molecular flexibility index (Phi) is 7.58. The Labute approximate surface area is 263 Å². The summed E-state index contributed by atoms with van der Waals surface area (Å²) in [6.07, 6.45) is 3.61. The fraction of sp³-hybridized carbons (Fsp3) is 0.167. The normalized spacial score (nSPS) is 15.6. The van der Waals surface area contributed by atoms with Crippen LogP contribution >= 0.6 is 22.9 Å². The van der Waals surface area contributed by atoms with Crippen LogP contribution in [-0.4, -0.2) is 18.8 Å². The van der Waals surface area contributed by atoms with Crippen LogP contribution in [0.25, 0.3) is 11.8 Å². The lowest BCUT2D eigenvalue weighted by Gasteiger charge is -2.31. The summed E-state index contributed by atoms with van der Waals surface area (Å²) in [6.45, 7) is 0.377. The highest BCUT2D eigenvalue weighted by molar-refractivity contribution is 7.07. The molecule has 0 amide bonds. The van der Waals surface area contributed by atoms with Gasteiger partial charge in [0.1, 0.15) is 12.4 Å². The first kappa shape index (κ1) is 28.2. The third-order valence-electron chi connectivity index (χ3n) is 8.10. The van der Waals surface area contributed by atoms with E-state index in [1.165, 1.54) is 16.9 Å². The van der Waals surface area contributed by atoms with Crippen LogP contribution < -0.4 is 29.1 Å². The first-order chi connectivity index (χ1) is 21.5. The zero-order chi connectivity index (χ0) is 30.2. The lowest BCUT2D eigenvalue weighted by Crippen LogP contribution is -2.39. The highest BCUT2D eigenvalue weighted by Gasteiger charge is 2.34. The molecule has 8 heteroatoms. The molecular formula is C36H29ClN2O4S. The van der Waals surface area contributed by atoms with Crippen molar-refractivity contribution in [2.24, 2.45) is 4.99 Å². The van der Waals surface area contributed by atoms with Gasteiger partial charge in [0.2, 0.25) is 0 Å². The Bertz CT molecular complexity index is 2100. The van der Waals surface area contributed by atoms with Crippen molar-refractivity contribution < 1.29 is 14.2 Å². The average Bonchev–Trinajstić information content (AvgIpc) is 3.37. The van der Waals surface area contributed by atoms with Crippen molar-refractivity contribution in [1.29, 1.82) is 0 Å². The quantitative estimate of drug-likeness (QED) is 0.207. The van der Waals surface area contributed by atoms with Gasteiger partial charge in [0.25, 0.3) is 5.56 Å². The molecule has 6 nitrogen and oxygen atoms in total. The summed E-state index contributed by atoms with van der Waals surface area (Å²) >= 11 is 7.40. The van der Waals surface area contributed by atoms with Crippen molar-refractivity contribution in [2.75, 3.05) is 14.2 Å². The molecule has 7 rings (SSSR count). The smallest absolute Gasteiger partial charge is 0.271 e. The molecule has 0 saturated heterocycles. The molecule has 0 saturated carbocycles. The van der Waals surface area contributed by atoms with Crippen molar-refractivity contribution in [3.05, 3.63) is 149 Å². The predicted molar refractivity (Wildman–Crippen MR) is 175 cm³/mol. The molecule has 1 unspecified atom stereocenters. The molecule has 0 bridgehead atoms. The highest BCUT2D eigenvalue weighted by Crippen LogP contribution is 2.43. The number of thiazole rings is 1. The number of methoxy groups -OCH3 is 2. The fourth-order valence-electron chi connectivity index (χ4n) is 5.98. The third kappa shape index (κ3) is 5.12. The van der Waals surface area contributed by atoms with Gasteiger partial charge in [-0.1, -0.05) is 83.6 Å². The molecule has 0 fully saturated rings. The number of fused-ring (bicyclic) bond motifs is 3. The molecule has 0 spiro atoms. The van der Waals surface area contributed by atoms with E-state index in [1.54, 1.807) is 14.2 Å². The summed E-state index contributed by atoms with van der Waals surface area (Å²) < 4.78 is 19.9. The van der Waals surface area contributed by atoms with E-state index in [1.807, 2.05) is 83.4 Å². The number of hydrogen-bond acceptors (Lipinski definition) is 6. The number of para-hydroxylation sites is 1. The van der Waals surface area contributed by atoms with Gasteiger partial charge in [0.15, 0.2) is 16.3 Å². The molecule has 0 radical (unpaired) electrons. The van der Waals surface area contributed by atoms with Crippen molar-refractivity contribution in [1.82, 2.24) is 4.57 Å². The molecule has 44 heavy (non-hydrogen) atoms. The molecule has 2 aliphatic rings. The zero-order valence-corrected chi connectivity index (χ0v) is 25.8. The molecule has 2 heterocycles. The number of allylic oxidation sites excluding steroid dienone is 1. The maximum Gasteiger partial charge on any atom is 0.271 e. The highest BCUT2D eigenvalue weighted by atomic mass is 35.5. The number of benzene rings is 4. The lowest BCUT2D eigenvalue weighted by molar-refractivity contribution is 0.284. The minimum absolute atomic E-state index is 0.0860. The standard InChI is InChI=1S/C36H29ClN2O4S/c1-41-29-10-6-5-9-27(29)34-28-17-14-24-7-3-4-8-26(24)33(28)38-36-39(34)35(40)32(44-36)20-23-13-18-30(31(19-23)42-2)43-21-22-11-15-25(37)16-12-22/h3-13,15-16,18-20,34H,14,17,21H2,1-2H3/b32-20-. The Morgan fingerprint density at radius 1 is 0.909 bits per heavy atom. The number of aryl methyl sites for hydroxylation is 1. The summed E-state index contributed by atoms with van der Waals surface area (Å²) in [6, 6.07) is 29.2. The number of ether oxygens (including phenoxy) is 3. The molecule has 1 aliphatic heterocycles. The summed E-state index contributed by atoms with van der Waals surface area (Å²) in [4.78, 5) is 20.0. The van der Waals surface area contributed by atoms with E-state index in [2.05, 4.69) is 18.2 Å². The summed E-state index contributed by atoms with van der Waals surface area (Å²) in [5, 5.41) is 0.681. The first-order valence-electron chi connectivity index (χ1n) is 14.4. The molecule has 1 aromatic heterocycles. The van der Waals surface area contributed by atoms with Gasteiger partial charge >= 0.3 is 0 Å². The second-order valence-corrected chi connectivity index (χ2v) is 12.1. The monoisotopic (exact) mass is 620 g/mol. The third-order valence-corrected chi connectivity index (χ3v) is 9.33. The number of hydrogen-bond donors (Lipinski definition) is 0. The van der Waals surface area contributed by atoms with Crippen molar-refractivity contribution in [3.8, 4) is 17.2 Å². The number of rotatable bonds is 7. The van der Waals surface area contributed by atoms with E-state index in [0.717, 1.165) is 52.1 Å². The SMILES string of the molecule is COc1cc(/C=c2\sc3n(c2=O)C(c2ccccc2OC)C2=C(N=3)c3ccccc3CC2)ccc1OCc1ccc(Cl)cc1. The van der Waals surface area contributed by atoms with Gasteiger partial charge in [0, 0.05) is 16.1 Å². The molecule has 220 valence electrons. The van der Waals surface area contributed by atoms with Gasteiger partial charge in [-0.2, -0.15) is 0 Å². The van der Waals surface area contributed by atoms with E-state index < -0.39 is 0 Å². The van der Waals surface area contributed by atoms with Crippen LogP contribution in [0.4, 0.5) is 0 Å². The Balaban J connectivity index is 1.32. The minimum atomic E-state index is -0.314. The molecule has 1 atom stereocenters. The Morgan fingerprint density at radius 2 is 1.68 bits per heavy atom. The molecule has 4 aromatic carbocycles. The van der Waals surface area contributed by atoms with Gasteiger partial charge < -0.3 is 14.2 Å². The van der Waals surface area contributed by atoms with Gasteiger partial charge in [-0.3, -0.25) is 9.36 Å². The largest absolute Gasteiger partial charge is 0.496 e. The van der Waals surface area contributed by atoms with Gasteiger partial charge in [-0.15, -0.1) is 0 Å². The van der Waals surface area contributed by atoms with E-state index in [4.69, 9.17) is 30.8 Å². The average molecular weight is 621 g/mol. The maximum absolute atomic E-state index is 14.2. The first-order valence-corrected chi connectivity index (χ1v) is 15.5. The molecule has 5 aromatic rings. The number of nitrogens with zero attached hydrogens (tertiary/aromatic N) is 2. The van der Waals surface area contributed by atoms with Gasteiger partial charge in [-0.25, -0.2) is 4.99 Å². The van der Waals surface area contributed by atoms with E-state index >= 15 is 0 Å². The summed E-state index contributed by atoms with van der Waals surface area (Å²) in [5.41, 5.74) is 7.19. The van der Waals surface area contributed by atoms with E-state index in [9.17, 15) is 4.79 Å². The van der Waals surface area contributed by atoms with Gasteiger partial charge in [-0.05, 0) is 71.5 Å². The van der Waals surface area contributed by atoms with Crippen molar-refractivity contribution in [2.45, 2.75) is 25.5 Å². The summed E-state index contributed by atoms with van der Waals surface area (Å²) in [7, 11) is 3.28. The molecular weight excluding hydrogens is 592 g/mol. The Hall–Kier alpha value is -4.59. The van der Waals surface area contributed by atoms with Crippen LogP contribution in [0, 0.1) is 0 Å². The van der Waals surface area contributed by atoms with Crippen LogP contribution in [0.3, 0.4) is 0 Å². The molecule has 0 N–H and O–H groups in total. The maximum atomic E-state index is 14.2. The number of aromatic nitrogens is 1. The van der Waals surface area contributed by atoms with Crippen LogP contribution in [-0.2, 0) is 13.0 Å². The second-order valence-electron chi connectivity index (χ2n) is 10.7. The van der Waals surface area contributed by atoms with Crippen LogP contribution in [0.1, 0.15) is 40.3 Å². The van der Waals surface area contributed by atoms with E-state index in [-0.39, 0.29) is 11.6 Å². The predicted octanol–water partition coefficient (Wildman–Crippen LogP) is 6.57. The molecule has 1 aliphatic carbocycles. The van der Waals surface area contributed by atoms with Crippen molar-refractivity contribution >= 4 is 34.7 Å². The fourth-order valence-corrected chi connectivity index (χ4v) is 7.10. The zero-order valence-electron chi connectivity index (χ0n) is 24.2. The second kappa shape index (κ2) is 11.8. The van der Waals surface area contributed by atoms with E-state index in [0.29, 0.717) is 32.5 Å². The summed E-state index contributed by atoms with van der Waals surface area (Å²) in [5.74, 6) is 1.95. The minimum Gasteiger partial charge on any atom is -0.496 e. The van der Waals surface area contributed by atoms with Crippen molar-refractivity contribution in [3.63, 3.8) is 0 Å². The Morgan fingerprint density at radius 3 is 2.50 bits per heavy atom. The topological polar surface area (TPSA) is 62.0 Å². The van der Waals surface area contributed by atoms with Crippen LogP contribution in [0.2, 0.25) is 5.02 Å². The lowest BCUT2D eigenvalue weighted by atomic mass is 9.83. The number of halogens is 1. The van der Waals surface area contributed by atoms with Crippen LogP contribution in [0.5, 0.6) is 17.2 Å². The van der Waals surface area contributed by atoms with Crippen LogP contribution in [0.15, 0.2) is 106 Å².